The molecule has 0 radical (unpaired) electrons. The van der Waals surface area contributed by atoms with E-state index in [2.05, 4.69) is 41.9 Å². The number of halogens is 1. The number of hydrogen-bond donors (Lipinski definition) is 3. The molecule has 2 saturated heterocycles. The van der Waals surface area contributed by atoms with Crippen molar-refractivity contribution in [1.82, 2.24) is 14.8 Å². The third-order valence-corrected chi connectivity index (χ3v) is 11.2. The molecule has 56 heavy (non-hydrogen) atoms. The van der Waals surface area contributed by atoms with Gasteiger partial charge in [0.05, 0.1) is 29.9 Å². The number of aliphatic carboxylic acids is 1. The minimum atomic E-state index is -0.839. The summed E-state index contributed by atoms with van der Waals surface area (Å²) in [6, 6.07) is 19.1. The van der Waals surface area contributed by atoms with E-state index in [1.54, 1.807) is 24.4 Å². The fourth-order valence-electron chi connectivity index (χ4n) is 7.78. The van der Waals surface area contributed by atoms with Gasteiger partial charge in [-0.15, -0.1) is 0 Å². The van der Waals surface area contributed by atoms with E-state index < -0.39 is 18.1 Å². The molecule has 0 aliphatic carbocycles. The summed E-state index contributed by atoms with van der Waals surface area (Å²) in [6.07, 6.45) is 6.87. The molecule has 2 aliphatic rings. The minimum Gasteiger partial charge on any atom is -0.493 e. The smallest absolute Gasteiger partial charge is 0.320 e. The molecule has 1 aromatic heterocycles. The van der Waals surface area contributed by atoms with Crippen LogP contribution in [-0.4, -0.2) is 87.6 Å². The number of piperidine rings is 2. The van der Waals surface area contributed by atoms with Gasteiger partial charge in [-0.25, -0.2) is 0 Å². The van der Waals surface area contributed by atoms with E-state index in [0.29, 0.717) is 60.7 Å². The molecule has 2 aliphatic heterocycles. The quantitative estimate of drug-likeness (QED) is 0.109. The van der Waals surface area contributed by atoms with Crippen LogP contribution in [0.25, 0.3) is 11.1 Å². The van der Waals surface area contributed by atoms with Gasteiger partial charge in [0, 0.05) is 55.1 Å². The van der Waals surface area contributed by atoms with Crippen LogP contribution in [0.5, 0.6) is 17.2 Å². The summed E-state index contributed by atoms with van der Waals surface area (Å²) in [7, 11) is 0. The summed E-state index contributed by atoms with van der Waals surface area (Å²) in [4.78, 5) is 20.4. The maximum Gasteiger partial charge on any atom is 0.320 e. The Morgan fingerprint density at radius 2 is 1.71 bits per heavy atom. The van der Waals surface area contributed by atoms with Gasteiger partial charge in [0.2, 0.25) is 0 Å². The summed E-state index contributed by atoms with van der Waals surface area (Å²) in [5.41, 5.74) is 7.15. The molecule has 1 unspecified atom stereocenters. The Morgan fingerprint density at radius 1 is 0.929 bits per heavy atom. The van der Waals surface area contributed by atoms with Crippen LogP contribution < -0.4 is 14.2 Å². The SMILES string of the molecule is Cc1c(COc2cc(OCc3cncc(C#N)c3)c(CN3CCCC[C@H]3C(=O)O)cc2Cl)cccc1-c1cccc(OC[C@@H]2CCCN(CC(O)CO)C2)c1C. The highest BCUT2D eigenvalue weighted by molar-refractivity contribution is 6.32. The molecule has 0 amide bonds. The Hall–Kier alpha value is -4.70. The summed E-state index contributed by atoms with van der Waals surface area (Å²) >= 11 is 6.87. The van der Waals surface area contributed by atoms with Crippen LogP contribution in [-0.2, 0) is 24.6 Å². The summed E-state index contributed by atoms with van der Waals surface area (Å²) in [5, 5.41) is 38.9. The molecule has 296 valence electrons. The van der Waals surface area contributed by atoms with E-state index in [9.17, 15) is 25.4 Å². The van der Waals surface area contributed by atoms with Crippen molar-refractivity contribution in [3.8, 4) is 34.4 Å². The number of carboxylic acids is 1. The van der Waals surface area contributed by atoms with Crippen molar-refractivity contribution in [2.75, 3.05) is 39.4 Å². The first-order valence-electron chi connectivity index (χ1n) is 19.3. The molecule has 4 aromatic rings. The molecule has 11 nitrogen and oxygen atoms in total. The molecule has 0 saturated carbocycles. The summed E-state index contributed by atoms with van der Waals surface area (Å²) in [5.74, 6) is 1.29. The highest BCUT2D eigenvalue weighted by atomic mass is 35.5. The van der Waals surface area contributed by atoms with E-state index in [0.717, 1.165) is 83.5 Å². The van der Waals surface area contributed by atoms with E-state index in [-0.39, 0.29) is 19.8 Å². The van der Waals surface area contributed by atoms with Crippen molar-refractivity contribution in [1.29, 1.82) is 5.26 Å². The molecule has 12 heteroatoms. The van der Waals surface area contributed by atoms with Crippen LogP contribution in [0.15, 0.2) is 67.0 Å². The number of ether oxygens (including phenoxy) is 3. The van der Waals surface area contributed by atoms with Crippen molar-refractivity contribution in [2.45, 2.75) is 77.9 Å². The second kappa shape index (κ2) is 19.4. The Kier molecular flexibility index (Phi) is 14.2. The van der Waals surface area contributed by atoms with Crippen molar-refractivity contribution in [2.24, 2.45) is 5.92 Å². The molecule has 6 rings (SSSR count). The lowest BCUT2D eigenvalue weighted by Gasteiger charge is -2.33. The second-order valence-electron chi connectivity index (χ2n) is 14.9. The number of aliphatic hydroxyl groups is 2. The molecular weight excluding hydrogens is 732 g/mol. The number of carboxylic acid groups (broad SMARTS) is 1. The predicted octanol–water partition coefficient (Wildman–Crippen LogP) is 6.93. The van der Waals surface area contributed by atoms with E-state index in [4.69, 9.17) is 25.8 Å². The standard InChI is InChI=1S/C44H51ClN4O7/c1-29-34(9-5-10-37(29)38-11-6-13-41(30(38)2)54-26-31-8-7-14-48(22-31)24-36(51)25-50)28-56-43-18-42(55-27-33-16-32(19-46)20-47-21-33)35(17-39(43)45)23-49-15-4-3-12-40(49)44(52)53/h5-6,9-11,13,16-18,20-21,31,36,40,50-51H,3-4,7-8,12,14-15,22-28H2,1-2H3,(H,52,53)/t31-,36?,40+/m1/s1. The van der Waals surface area contributed by atoms with Crippen LogP contribution in [0, 0.1) is 31.1 Å². The first-order valence-corrected chi connectivity index (χ1v) is 19.7. The summed E-state index contributed by atoms with van der Waals surface area (Å²) in [6.45, 7) is 8.12. The topological polar surface area (TPSA) is 149 Å². The van der Waals surface area contributed by atoms with Gasteiger partial charge in [-0.05, 0) is 98.6 Å². The van der Waals surface area contributed by atoms with Gasteiger partial charge in [0.15, 0.2) is 0 Å². The first-order chi connectivity index (χ1) is 27.1. The van der Waals surface area contributed by atoms with Gasteiger partial charge in [-0.2, -0.15) is 5.26 Å². The van der Waals surface area contributed by atoms with Gasteiger partial charge in [0.25, 0.3) is 0 Å². The van der Waals surface area contributed by atoms with Crippen molar-refractivity contribution >= 4 is 17.6 Å². The van der Waals surface area contributed by atoms with Crippen LogP contribution in [0.3, 0.4) is 0 Å². The number of nitriles is 1. The minimum absolute atomic E-state index is 0.149. The number of aliphatic hydroxyl groups excluding tert-OH is 2. The predicted molar refractivity (Wildman–Crippen MR) is 214 cm³/mol. The molecule has 3 aromatic carbocycles. The number of hydrogen-bond acceptors (Lipinski definition) is 10. The zero-order valence-corrected chi connectivity index (χ0v) is 32.9. The lowest BCUT2D eigenvalue weighted by atomic mass is 9.93. The molecule has 0 spiro atoms. The van der Waals surface area contributed by atoms with E-state index in [1.807, 2.05) is 29.2 Å². The van der Waals surface area contributed by atoms with Crippen LogP contribution in [0.2, 0.25) is 5.02 Å². The number of likely N-dealkylation sites (tertiary alicyclic amines) is 2. The van der Waals surface area contributed by atoms with Crippen molar-refractivity contribution < 1.29 is 34.3 Å². The van der Waals surface area contributed by atoms with Gasteiger partial charge >= 0.3 is 5.97 Å². The Bertz CT molecular complexity index is 2020. The Morgan fingerprint density at radius 3 is 2.50 bits per heavy atom. The van der Waals surface area contributed by atoms with Crippen molar-refractivity contribution in [3.63, 3.8) is 0 Å². The highest BCUT2D eigenvalue weighted by Gasteiger charge is 2.29. The fraction of sp³-hybridized carbons (Fsp3) is 0.432. The van der Waals surface area contributed by atoms with Crippen LogP contribution in [0.4, 0.5) is 0 Å². The lowest BCUT2D eigenvalue weighted by molar-refractivity contribution is -0.144. The first kappa shape index (κ1) is 40.9. The molecule has 2 fully saturated rings. The monoisotopic (exact) mass is 782 g/mol. The number of nitrogens with zero attached hydrogens (tertiary/aromatic N) is 4. The average molecular weight is 783 g/mol. The van der Waals surface area contributed by atoms with Crippen molar-refractivity contribution in [3.05, 3.63) is 105 Å². The lowest BCUT2D eigenvalue weighted by Crippen LogP contribution is -2.44. The number of rotatable bonds is 16. The Balaban J connectivity index is 1.18. The number of β-amino-alcohol motifs (C(OH)–C–C–N with tert-alkyl or cyclic N) is 1. The molecule has 0 bridgehead atoms. The van der Waals surface area contributed by atoms with E-state index in [1.165, 1.54) is 6.20 Å². The summed E-state index contributed by atoms with van der Waals surface area (Å²) < 4.78 is 19.1. The number of carbonyl (C=O) groups is 1. The highest BCUT2D eigenvalue weighted by Crippen LogP contribution is 2.37. The largest absolute Gasteiger partial charge is 0.493 e. The van der Waals surface area contributed by atoms with Gasteiger partial charge < -0.3 is 34.4 Å². The maximum absolute atomic E-state index is 12.1. The molecular formula is C44H51ClN4O7. The molecule has 3 N–H and O–H groups in total. The van der Waals surface area contributed by atoms with Gasteiger partial charge in [-0.1, -0.05) is 48.4 Å². The number of aromatic nitrogens is 1. The molecule has 3 atom stereocenters. The maximum atomic E-state index is 12.1. The van der Waals surface area contributed by atoms with Gasteiger partial charge in [-0.3, -0.25) is 14.7 Å². The third-order valence-electron chi connectivity index (χ3n) is 10.9. The Labute approximate surface area is 334 Å². The van der Waals surface area contributed by atoms with Crippen LogP contribution in [0.1, 0.15) is 65.5 Å². The number of benzene rings is 3. The normalized spacial score (nSPS) is 18.2. The second-order valence-corrected chi connectivity index (χ2v) is 15.3. The van der Waals surface area contributed by atoms with Crippen LogP contribution >= 0.6 is 11.6 Å². The number of pyridine rings is 1. The third kappa shape index (κ3) is 10.4. The van der Waals surface area contributed by atoms with E-state index >= 15 is 0 Å². The zero-order valence-electron chi connectivity index (χ0n) is 32.1. The molecule has 3 heterocycles. The zero-order chi connectivity index (χ0) is 39.6. The fourth-order valence-corrected chi connectivity index (χ4v) is 8.02. The average Bonchev–Trinajstić information content (AvgIpc) is 3.20. The van der Waals surface area contributed by atoms with Gasteiger partial charge in [0.1, 0.15) is 42.6 Å².